The number of nitrogens with zero attached hydrogens (tertiary/aromatic N) is 1. The van der Waals surface area contributed by atoms with Crippen molar-refractivity contribution in [2.24, 2.45) is 0 Å². The van der Waals surface area contributed by atoms with Crippen molar-refractivity contribution >= 4 is 34.6 Å². The third-order valence-corrected chi connectivity index (χ3v) is 3.14. The van der Waals surface area contributed by atoms with E-state index in [1.807, 2.05) is 31.1 Å². The van der Waals surface area contributed by atoms with Crippen molar-refractivity contribution in [3.8, 4) is 0 Å². The molecule has 0 aliphatic carbocycles. The molecule has 5 heteroatoms. The predicted octanol–water partition coefficient (Wildman–Crippen LogP) is 3.24. The van der Waals surface area contributed by atoms with Crippen LogP contribution >= 0.6 is 11.6 Å². The van der Waals surface area contributed by atoms with Gasteiger partial charge in [-0.15, -0.1) is 0 Å². The molecule has 0 saturated carbocycles. The molecule has 0 bridgehead atoms. The van der Waals surface area contributed by atoms with E-state index in [0.29, 0.717) is 22.0 Å². The fourth-order valence-corrected chi connectivity index (χ4v) is 1.91. The summed E-state index contributed by atoms with van der Waals surface area (Å²) in [5, 5.41) is 3.28. The molecule has 0 saturated heterocycles. The minimum absolute atomic E-state index is 0.218. The number of hydrogen-bond donors (Lipinski definition) is 2. The summed E-state index contributed by atoms with van der Waals surface area (Å²) < 4.78 is 0. The first-order valence-corrected chi connectivity index (χ1v) is 6.49. The average molecular weight is 290 g/mol. The third-order valence-electron chi connectivity index (χ3n) is 2.91. The summed E-state index contributed by atoms with van der Waals surface area (Å²) in [6.07, 6.45) is 0. The molecule has 4 nitrogen and oxygen atoms in total. The Kier molecular flexibility index (Phi) is 4.15. The molecule has 1 amide bonds. The number of nitrogen functional groups attached to an aromatic ring is 1. The van der Waals surface area contributed by atoms with Crippen LogP contribution in [0, 0.1) is 0 Å². The van der Waals surface area contributed by atoms with E-state index < -0.39 is 0 Å². The largest absolute Gasteiger partial charge is 0.397 e. The Morgan fingerprint density at radius 2 is 1.80 bits per heavy atom. The van der Waals surface area contributed by atoms with Crippen LogP contribution < -0.4 is 16.0 Å². The molecule has 0 heterocycles. The lowest BCUT2D eigenvalue weighted by molar-refractivity contribution is 0.102. The molecular weight excluding hydrogens is 274 g/mol. The second kappa shape index (κ2) is 5.84. The van der Waals surface area contributed by atoms with Crippen LogP contribution in [0.2, 0.25) is 5.02 Å². The first-order valence-electron chi connectivity index (χ1n) is 6.11. The van der Waals surface area contributed by atoms with Gasteiger partial charge in [0.05, 0.1) is 11.4 Å². The summed E-state index contributed by atoms with van der Waals surface area (Å²) in [4.78, 5) is 14.1. The summed E-state index contributed by atoms with van der Waals surface area (Å²) in [6, 6.07) is 12.3. The van der Waals surface area contributed by atoms with E-state index in [1.54, 1.807) is 30.3 Å². The first-order chi connectivity index (χ1) is 9.47. The van der Waals surface area contributed by atoms with Gasteiger partial charge in [-0.2, -0.15) is 0 Å². The van der Waals surface area contributed by atoms with Gasteiger partial charge in [-0.3, -0.25) is 4.79 Å². The van der Waals surface area contributed by atoms with Gasteiger partial charge in [0.1, 0.15) is 0 Å². The van der Waals surface area contributed by atoms with Gasteiger partial charge in [0.25, 0.3) is 5.91 Å². The van der Waals surface area contributed by atoms with E-state index in [0.717, 1.165) is 5.69 Å². The van der Waals surface area contributed by atoms with Gasteiger partial charge in [0.15, 0.2) is 0 Å². The molecule has 2 aromatic rings. The van der Waals surface area contributed by atoms with Crippen LogP contribution in [-0.4, -0.2) is 20.0 Å². The molecule has 0 fully saturated rings. The van der Waals surface area contributed by atoms with Crippen molar-refractivity contribution in [3.05, 3.63) is 53.1 Å². The monoisotopic (exact) mass is 289 g/mol. The number of halogens is 1. The Labute approximate surface area is 123 Å². The van der Waals surface area contributed by atoms with Crippen LogP contribution in [0.15, 0.2) is 42.5 Å². The van der Waals surface area contributed by atoms with Crippen LogP contribution in [0.3, 0.4) is 0 Å². The highest BCUT2D eigenvalue weighted by atomic mass is 35.5. The molecule has 2 rings (SSSR count). The Morgan fingerprint density at radius 3 is 2.40 bits per heavy atom. The molecule has 0 aliphatic rings. The van der Waals surface area contributed by atoms with Gasteiger partial charge in [0.2, 0.25) is 0 Å². The van der Waals surface area contributed by atoms with Crippen LogP contribution in [0.5, 0.6) is 0 Å². The molecule has 20 heavy (non-hydrogen) atoms. The summed E-state index contributed by atoms with van der Waals surface area (Å²) in [5.41, 5.74) is 8.39. The smallest absolute Gasteiger partial charge is 0.255 e. The fourth-order valence-electron chi connectivity index (χ4n) is 1.74. The van der Waals surface area contributed by atoms with Gasteiger partial charge in [0, 0.05) is 30.4 Å². The average Bonchev–Trinajstić information content (AvgIpc) is 2.43. The molecule has 0 spiro atoms. The molecule has 0 unspecified atom stereocenters. The Hall–Kier alpha value is -2.20. The van der Waals surface area contributed by atoms with Crippen molar-refractivity contribution in [2.45, 2.75) is 0 Å². The summed E-state index contributed by atoms with van der Waals surface area (Å²) in [7, 11) is 3.89. The zero-order valence-electron chi connectivity index (χ0n) is 11.4. The van der Waals surface area contributed by atoms with Crippen LogP contribution in [0.25, 0.3) is 0 Å². The molecule has 0 radical (unpaired) electrons. The molecule has 104 valence electrons. The van der Waals surface area contributed by atoms with Crippen molar-refractivity contribution < 1.29 is 4.79 Å². The minimum atomic E-state index is -0.218. The highest BCUT2D eigenvalue weighted by Gasteiger charge is 2.09. The van der Waals surface area contributed by atoms with E-state index in [9.17, 15) is 4.79 Å². The van der Waals surface area contributed by atoms with Crippen molar-refractivity contribution in [2.75, 3.05) is 30.0 Å². The maximum Gasteiger partial charge on any atom is 0.255 e. The third kappa shape index (κ3) is 3.22. The fraction of sp³-hybridized carbons (Fsp3) is 0.133. The zero-order valence-corrected chi connectivity index (χ0v) is 12.1. The van der Waals surface area contributed by atoms with E-state index in [1.165, 1.54) is 0 Å². The standard InChI is InChI=1S/C15H16ClN3O/c1-19(2)12-6-3-10(4-7-12)15(20)18-14-9-11(16)5-8-13(14)17/h3-9H,17H2,1-2H3,(H,18,20). The lowest BCUT2D eigenvalue weighted by Crippen LogP contribution is -2.14. The summed E-state index contributed by atoms with van der Waals surface area (Å²) in [6.45, 7) is 0. The number of anilines is 3. The Morgan fingerprint density at radius 1 is 1.15 bits per heavy atom. The number of amides is 1. The number of nitrogens with one attached hydrogen (secondary N) is 1. The lowest BCUT2D eigenvalue weighted by atomic mass is 10.1. The number of benzene rings is 2. The van der Waals surface area contributed by atoms with E-state index in [4.69, 9.17) is 17.3 Å². The van der Waals surface area contributed by atoms with Gasteiger partial charge in [-0.25, -0.2) is 0 Å². The van der Waals surface area contributed by atoms with E-state index >= 15 is 0 Å². The number of nitrogens with two attached hydrogens (primary N) is 1. The molecule has 3 N–H and O–H groups in total. The molecule has 0 aromatic heterocycles. The highest BCUT2D eigenvalue weighted by molar-refractivity contribution is 6.31. The maximum absolute atomic E-state index is 12.1. The summed E-state index contributed by atoms with van der Waals surface area (Å²) >= 11 is 5.89. The topological polar surface area (TPSA) is 58.4 Å². The van der Waals surface area contributed by atoms with Gasteiger partial charge >= 0.3 is 0 Å². The first kappa shape index (κ1) is 14.2. The van der Waals surface area contributed by atoms with Crippen LogP contribution in [0.4, 0.5) is 17.1 Å². The maximum atomic E-state index is 12.1. The number of carbonyl (C=O) groups excluding carboxylic acids is 1. The zero-order chi connectivity index (χ0) is 14.7. The number of rotatable bonds is 3. The number of carbonyl (C=O) groups is 1. The van der Waals surface area contributed by atoms with Crippen LogP contribution in [-0.2, 0) is 0 Å². The van der Waals surface area contributed by atoms with Crippen molar-refractivity contribution in [3.63, 3.8) is 0 Å². The molecule has 2 aromatic carbocycles. The van der Waals surface area contributed by atoms with E-state index in [2.05, 4.69) is 5.32 Å². The number of hydrogen-bond acceptors (Lipinski definition) is 3. The SMILES string of the molecule is CN(C)c1ccc(C(=O)Nc2cc(Cl)ccc2N)cc1. The van der Waals surface area contributed by atoms with E-state index in [-0.39, 0.29) is 5.91 Å². The second-order valence-electron chi connectivity index (χ2n) is 4.63. The lowest BCUT2D eigenvalue weighted by Gasteiger charge is -2.13. The normalized spacial score (nSPS) is 10.2. The Bertz CT molecular complexity index is 624. The summed E-state index contributed by atoms with van der Waals surface area (Å²) in [5.74, 6) is -0.218. The minimum Gasteiger partial charge on any atom is -0.397 e. The van der Waals surface area contributed by atoms with Crippen LogP contribution in [0.1, 0.15) is 10.4 Å². The van der Waals surface area contributed by atoms with Crippen molar-refractivity contribution in [1.29, 1.82) is 0 Å². The quantitative estimate of drug-likeness (QED) is 0.853. The van der Waals surface area contributed by atoms with Gasteiger partial charge < -0.3 is 16.0 Å². The highest BCUT2D eigenvalue weighted by Crippen LogP contribution is 2.23. The van der Waals surface area contributed by atoms with Crippen molar-refractivity contribution in [1.82, 2.24) is 0 Å². The predicted molar refractivity (Wildman–Crippen MR) is 84.6 cm³/mol. The second-order valence-corrected chi connectivity index (χ2v) is 5.06. The molecule has 0 aliphatic heterocycles. The molecular formula is C15H16ClN3O. The van der Waals surface area contributed by atoms with Gasteiger partial charge in [-0.05, 0) is 42.5 Å². The van der Waals surface area contributed by atoms with Gasteiger partial charge in [-0.1, -0.05) is 11.6 Å². The molecule has 0 atom stereocenters. The Balaban J connectivity index is 2.17.